The van der Waals surface area contributed by atoms with Crippen molar-refractivity contribution in [2.24, 2.45) is 5.92 Å². The molecule has 9 aromatic carbocycles. The molecule has 0 amide bonds. The molecule has 1 unspecified atom stereocenters. The van der Waals surface area contributed by atoms with Gasteiger partial charge >= 0.3 is 0 Å². The lowest BCUT2D eigenvalue weighted by atomic mass is 9.83. The van der Waals surface area contributed by atoms with E-state index >= 15 is 0 Å². The molecule has 0 aliphatic heterocycles. The van der Waals surface area contributed by atoms with Gasteiger partial charge in [0.05, 0.1) is 22.1 Å². The Balaban J connectivity index is 0.886. The topological polar surface area (TPSA) is 16.3 Å². The summed E-state index contributed by atoms with van der Waals surface area (Å²) in [7, 11) is 0. The fraction of sp³-hybridized carbons (Fsp3) is 0.0492. The standard InChI is InChI=1S/C61H46N4/c1-43-40-50(63(46-20-8-3-9-21-46)52-36-39-61-57(42-52)55-27-15-17-29-59(55)65(61)48-24-12-5-13-25-48)34-37-53(43)44-30-32-49(33-31-44)62(45-18-6-2-7-19-45)51-35-38-60-56(41-51)54-26-14-16-28-58(54)64(60)47-22-10-4-11-23-47/h2-43,53H,1H3/t43-,53?/m1/s1. The van der Waals surface area contributed by atoms with E-state index in [2.05, 4.69) is 275 Å². The quantitative estimate of drug-likeness (QED) is 0.144. The van der Waals surface area contributed by atoms with Gasteiger partial charge in [-0.25, -0.2) is 0 Å². The first-order valence-electron chi connectivity index (χ1n) is 22.6. The zero-order chi connectivity index (χ0) is 43.3. The van der Waals surface area contributed by atoms with E-state index in [0.717, 1.165) is 39.8 Å². The maximum atomic E-state index is 2.44. The number of benzene rings is 9. The van der Waals surface area contributed by atoms with Crippen molar-refractivity contribution in [2.45, 2.75) is 12.8 Å². The molecular formula is C61H46N4. The van der Waals surface area contributed by atoms with E-state index in [4.69, 9.17) is 0 Å². The molecule has 11 aromatic rings. The number of nitrogens with zero attached hydrogens (tertiary/aromatic N) is 4. The summed E-state index contributed by atoms with van der Waals surface area (Å²) in [6.07, 6.45) is 7.16. The van der Waals surface area contributed by atoms with Gasteiger partial charge in [-0.05, 0) is 127 Å². The zero-order valence-corrected chi connectivity index (χ0v) is 36.1. The lowest BCUT2D eigenvalue weighted by molar-refractivity contribution is 0.628. The number of hydrogen-bond acceptors (Lipinski definition) is 2. The van der Waals surface area contributed by atoms with Crippen molar-refractivity contribution < 1.29 is 0 Å². The monoisotopic (exact) mass is 834 g/mol. The SMILES string of the molecule is C[C@@H]1C=C(N(c2ccccc2)c2ccc3c(c2)c2ccccc2n3-c2ccccc2)C=CC1c1ccc(N(c2ccccc2)c2ccc3c(c2)c2ccccc2n3-c2ccccc2)cc1. The van der Waals surface area contributed by atoms with Crippen molar-refractivity contribution in [1.29, 1.82) is 0 Å². The molecule has 0 saturated carbocycles. The van der Waals surface area contributed by atoms with Crippen LogP contribution in [0.2, 0.25) is 0 Å². The Bertz CT molecular complexity index is 3550. The number of rotatable bonds is 9. The minimum Gasteiger partial charge on any atom is -0.311 e. The first-order chi connectivity index (χ1) is 32.2. The van der Waals surface area contributed by atoms with E-state index in [1.165, 1.54) is 54.9 Å². The van der Waals surface area contributed by atoms with Gasteiger partial charge in [0.2, 0.25) is 0 Å². The Labute approximate surface area is 379 Å². The molecule has 65 heavy (non-hydrogen) atoms. The van der Waals surface area contributed by atoms with Crippen molar-refractivity contribution in [2.75, 3.05) is 9.80 Å². The predicted octanol–water partition coefficient (Wildman–Crippen LogP) is 16.4. The Kier molecular flexibility index (Phi) is 9.49. The molecule has 2 heterocycles. The lowest BCUT2D eigenvalue weighted by Gasteiger charge is -2.32. The van der Waals surface area contributed by atoms with Crippen LogP contribution >= 0.6 is 0 Å². The summed E-state index contributed by atoms with van der Waals surface area (Å²) in [6.45, 7) is 2.35. The normalized spacial score (nSPS) is 14.9. The average Bonchev–Trinajstić information content (AvgIpc) is 3.88. The summed E-state index contributed by atoms with van der Waals surface area (Å²) >= 11 is 0. The number of hydrogen-bond donors (Lipinski definition) is 0. The van der Waals surface area contributed by atoms with Crippen molar-refractivity contribution in [3.8, 4) is 11.4 Å². The van der Waals surface area contributed by atoms with Crippen LogP contribution in [0, 0.1) is 5.92 Å². The minimum atomic E-state index is 0.224. The maximum Gasteiger partial charge on any atom is 0.0542 e. The summed E-state index contributed by atoms with van der Waals surface area (Å²) in [5.74, 6) is 0.479. The van der Waals surface area contributed by atoms with Crippen molar-refractivity contribution in [3.63, 3.8) is 0 Å². The van der Waals surface area contributed by atoms with E-state index in [0.29, 0.717) is 0 Å². The zero-order valence-electron chi connectivity index (χ0n) is 36.1. The van der Waals surface area contributed by atoms with Gasteiger partial charge in [0.1, 0.15) is 0 Å². The molecule has 0 spiro atoms. The molecular weight excluding hydrogens is 789 g/mol. The van der Waals surface area contributed by atoms with Gasteiger partial charge in [0.25, 0.3) is 0 Å². The molecule has 0 N–H and O–H groups in total. The third kappa shape index (κ3) is 6.70. The van der Waals surface area contributed by atoms with Gasteiger partial charge in [0, 0.05) is 73.0 Å². The third-order valence-corrected chi connectivity index (χ3v) is 13.2. The smallest absolute Gasteiger partial charge is 0.0542 e. The molecule has 0 radical (unpaired) electrons. The highest BCUT2D eigenvalue weighted by Gasteiger charge is 2.25. The molecule has 0 fully saturated rings. The first-order valence-corrected chi connectivity index (χ1v) is 22.6. The molecule has 4 nitrogen and oxygen atoms in total. The molecule has 12 rings (SSSR count). The van der Waals surface area contributed by atoms with Crippen LogP contribution < -0.4 is 9.80 Å². The highest BCUT2D eigenvalue weighted by molar-refractivity contribution is 6.11. The van der Waals surface area contributed by atoms with Gasteiger partial charge in [0.15, 0.2) is 0 Å². The summed E-state index contributed by atoms with van der Waals surface area (Å²) in [4.78, 5) is 4.79. The van der Waals surface area contributed by atoms with Crippen LogP contribution in [0.15, 0.2) is 254 Å². The maximum absolute atomic E-state index is 2.44. The number of allylic oxidation sites excluding steroid dienone is 3. The second-order valence-electron chi connectivity index (χ2n) is 17.0. The molecule has 1 aliphatic rings. The Hall–Kier alpha value is -8.34. The number of aromatic nitrogens is 2. The van der Waals surface area contributed by atoms with Crippen molar-refractivity contribution >= 4 is 72.0 Å². The molecule has 4 heteroatoms. The van der Waals surface area contributed by atoms with Gasteiger partial charge in [-0.2, -0.15) is 0 Å². The minimum absolute atomic E-state index is 0.224. The summed E-state index contributed by atoms with van der Waals surface area (Å²) in [5.41, 5.74) is 15.2. The van der Waals surface area contributed by atoms with E-state index < -0.39 is 0 Å². The average molecular weight is 835 g/mol. The fourth-order valence-corrected chi connectivity index (χ4v) is 10.2. The van der Waals surface area contributed by atoms with E-state index in [1.54, 1.807) is 0 Å². The molecule has 310 valence electrons. The van der Waals surface area contributed by atoms with Crippen molar-refractivity contribution in [3.05, 3.63) is 260 Å². The second-order valence-corrected chi connectivity index (χ2v) is 17.0. The van der Waals surface area contributed by atoms with Gasteiger partial charge in [-0.15, -0.1) is 0 Å². The number of para-hydroxylation sites is 6. The third-order valence-electron chi connectivity index (χ3n) is 13.2. The fourth-order valence-electron chi connectivity index (χ4n) is 10.2. The van der Waals surface area contributed by atoms with Crippen LogP contribution in [-0.4, -0.2) is 9.13 Å². The van der Waals surface area contributed by atoms with Crippen LogP contribution in [0.4, 0.5) is 28.4 Å². The van der Waals surface area contributed by atoms with E-state index in [1.807, 2.05) is 0 Å². The summed E-state index contributed by atoms with van der Waals surface area (Å²) in [5, 5.41) is 4.95. The van der Waals surface area contributed by atoms with Crippen LogP contribution in [-0.2, 0) is 0 Å². The molecule has 1 aliphatic carbocycles. The summed E-state index contributed by atoms with van der Waals surface area (Å²) in [6, 6.07) is 83.3. The molecule has 2 atom stereocenters. The van der Waals surface area contributed by atoms with E-state index in [-0.39, 0.29) is 11.8 Å². The van der Waals surface area contributed by atoms with Crippen molar-refractivity contribution in [1.82, 2.24) is 9.13 Å². The Morgan fingerprint density at radius 3 is 1.26 bits per heavy atom. The van der Waals surface area contributed by atoms with E-state index in [9.17, 15) is 0 Å². The lowest BCUT2D eigenvalue weighted by Crippen LogP contribution is -2.20. The van der Waals surface area contributed by atoms with Crippen LogP contribution in [0.3, 0.4) is 0 Å². The first kappa shape index (κ1) is 38.3. The highest BCUT2D eigenvalue weighted by atomic mass is 15.2. The van der Waals surface area contributed by atoms with Gasteiger partial charge < -0.3 is 18.9 Å². The second kappa shape index (κ2) is 16.1. The molecule has 0 saturated heterocycles. The Morgan fingerprint density at radius 1 is 0.354 bits per heavy atom. The van der Waals surface area contributed by atoms with Crippen LogP contribution in [0.5, 0.6) is 0 Å². The molecule has 2 aromatic heterocycles. The van der Waals surface area contributed by atoms with Gasteiger partial charge in [-0.3, -0.25) is 0 Å². The molecule has 0 bridgehead atoms. The number of fused-ring (bicyclic) bond motifs is 6. The summed E-state index contributed by atoms with van der Waals surface area (Å²) < 4.78 is 4.75. The van der Waals surface area contributed by atoms with Gasteiger partial charge in [-0.1, -0.05) is 140 Å². The predicted molar refractivity (Wildman–Crippen MR) is 274 cm³/mol. The van der Waals surface area contributed by atoms with Crippen LogP contribution in [0.1, 0.15) is 18.4 Å². The largest absolute Gasteiger partial charge is 0.311 e. The number of anilines is 5. The van der Waals surface area contributed by atoms with Crippen LogP contribution in [0.25, 0.3) is 55.0 Å². The highest BCUT2D eigenvalue weighted by Crippen LogP contribution is 2.43. The Morgan fingerprint density at radius 2 is 0.754 bits per heavy atom.